The average molecular weight is 754 g/mol. The van der Waals surface area contributed by atoms with Crippen molar-refractivity contribution in [3.8, 4) is 0 Å². The number of amides is 1. The Bertz CT molecular complexity index is 883. The van der Waals surface area contributed by atoms with Crippen LogP contribution in [0.3, 0.4) is 0 Å². The minimum absolute atomic E-state index is 0.201. The van der Waals surface area contributed by atoms with Crippen molar-refractivity contribution in [2.45, 2.75) is 236 Å². The van der Waals surface area contributed by atoms with Crippen LogP contribution in [0.1, 0.15) is 194 Å². The van der Waals surface area contributed by atoms with Crippen LogP contribution in [0.4, 0.5) is 0 Å². The van der Waals surface area contributed by atoms with E-state index in [0.717, 1.165) is 38.5 Å². The van der Waals surface area contributed by atoms with Gasteiger partial charge in [0.15, 0.2) is 6.29 Å². The van der Waals surface area contributed by atoms with Crippen molar-refractivity contribution in [2.24, 2.45) is 0 Å². The summed E-state index contributed by atoms with van der Waals surface area (Å²) in [5.74, 6) is -0.212. The Labute approximate surface area is 324 Å². The van der Waals surface area contributed by atoms with Gasteiger partial charge in [0.05, 0.1) is 25.4 Å². The Morgan fingerprint density at radius 3 is 1.58 bits per heavy atom. The molecule has 0 aromatic carbocycles. The molecule has 7 unspecified atom stereocenters. The summed E-state index contributed by atoms with van der Waals surface area (Å²) in [4.78, 5) is 12.5. The lowest BCUT2D eigenvalue weighted by atomic mass is 9.99. The summed E-state index contributed by atoms with van der Waals surface area (Å²) in [7, 11) is 0. The van der Waals surface area contributed by atoms with E-state index in [9.17, 15) is 30.3 Å². The fraction of sp³-hybridized carbons (Fsp3) is 0.886. The molecule has 9 heteroatoms. The molecule has 0 saturated carbocycles. The number of allylic oxidation sites excluding steroid dienone is 3. The first-order valence-corrected chi connectivity index (χ1v) is 22.1. The number of nitrogens with one attached hydrogen (secondary N) is 1. The summed E-state index contributed by atoms with van der Waals surface area (Å²) < 4.78 is 11.1. The number of ether oxygens (including phenoxy) is 2. The molecule has 1 heterocycles. The number of hydrogen-bond acceptors (Lipinski definition) is 8. The zero-order chi connectivity index (χ0) is 38.8. The maximum Gasteiger partial charge on any atom is 0.220 e. The van der Waals surface area contributed by atoms with Crippen LogP contribution >= 0.6 is 0 Å². The molecule has 0 aromatic heterocycles. The fourth-order valence-corrected chi connectivity index (χ4v) is 6.94. The van der Waals surface area contributed by atoms with E-state index in [1.165, 1.54) is 135 Å². The molecular formula is C44H83NO8. The number of carbonyl (C=O) groups is 1. The summed E-state index contributed by atoms with van der Waals surface area (Å²) in [6.45, 7) is 3.58. The second-order valence-corrected chi connectivity index (χ2v) is 15.5. The van der Waals surface area contributed by atoms with Gasteiger partial charge in [-0.15, -0.1) is 0 Å². The maximum atomic E-state index is 12.5. The van der Waals surface area contributed by atoms with Gasteiger partial charge >= 0.3 is 0 Å². The van der Waals surface area contributed by atoms with Crippen LogP contribution in [0.5, 0.6) is 0 Å². The fourth-order valence-electron chi connectivity index (χ4n) is 6.94. The van der Waals surface area contributed by atoms with Gasteiger partial charge in [-0.25, -0.2) is 0 Å². The van der Waals surface area contributed by atoms with Crippen LogP contribution in [0, 0.1) is 0 Å². The van der Waals surface area contributed by atoms with Crippen molar-refractivity contribution in [2.75, 3.05) is 13.2 Å². The summed E-state index contributed by atoms with van der Waals surface area (Å²) in [5.41, 5.74) is 0. The second kappa shape index (κ2) is 35.1. The third kappa shape index (κ3) is 26.2. The van der Waals surface area contributed by atoms with Gasteiger partial charge in [0, 0.05) is 6.42 Å². The lowest BCUT2D eigenvalue weighted by Crippen LogP contribution is -2.60. The molecule has 1 rings (SSSR count). The Balaban J connectivity index is 2.12. The topological polar surface area (TPSA) is 149 Å². The summed E-state index contributed by atoms with van der Waals surface area (Å²) in [6, 6.07) is -0.813. The molecule has 1 aliphatic rings. The lowest BCUT2D eigenvalue weighted by Gasteiger charge is -2.40. The molecule has 0 spiro atoms. The Morgan fingerprint density at radius 1 is 0.623 bits per heavy atom. The molecule has 0 radical (unpaired) electrons. The molecule has 53 heavy (non-hydrogen) atoms. The first-order valence-electron chi connectivity index (χ1n) is 22.1. The number of carbonyl (C=O) groups excluding carboxylic acids is 1. The minimum Gasteiger partial charge on any atom is -0.394 e. The molecule has 6 N–H and O–H groups in total. The summed E-state index contributed by atoms with van der Waals surface area (Å²) in [6.07, 6.45) is 34.8. The first-order chi connectivity index (χ1) is 25.8. The van der Waals surface area contributed by atoms with Crippen LogP contribution in [-0.4, -0.2) is 87.5 Å². The minimum atomic E-state index is -1.57. The van der Waals surface area contributed by atoms with Gasteiger partial charge in [0.2, 0.25) is 5.91 Å². The van der Waals surface area contributed by atoms with Crippen molar-refractivity contribution in [3.63, 3.8) is 0 Å². The van der Waals surface area contributed by atoms with Gasteiger partial charge in [-0.2, -0.15) is 0 Å². The van der Waals surface area contributed by atoms with Gasteiger partial charge in [-0.05, 0) is 32.1 Å². The highest BCUT2D eigenvalue weighted by atomic mass is 16.7. The molecule has 1 aliphatic heterocycles. The quantitative estimate of drug-likeness (QED) is 0.0275. The maximum absolute atomic E-state index is 12.5. The van der Waals surface area contributed by atoms with Crippen molar-refractivity contribution >= 4 is 5.91 Å². The summed E-state index contributed by atoms with van der Waals surface area (Å²) >= 11 is 0. The lowest BCUT2D eigenvalue weighted by molar-refractivity contribution is -0.302. The van der Waals surface area contributed by atoms with Gasteiger partial charge in [-0.3, -0.25) is 4.79 Å². The van der Waals surface area contributed by atoms with Crippen LogP contribution in [-0.2, 0) is 14.3 Å². The number of aliphatic hydroxyl groups excluding tert-OH is 5. The monoisotopic (exact) mass is 754 g/mol. The van der Waals surface area contributed by atoms with Crippen molar-refractivity contribution in [1.29, 1.82) is 0 Å². The Kier molecular flexibility index (Phi) is 32.9. The van der Waals surface area contributed by atoms with E-state index in [4.69, 9.17) is 9.47 Å². The third-order valence-electron chi connectivity index (χ3n) is 10.5. The molecule has 7 atom stereocenters. The predicted octanol–water partition coefficient (Wildman–Crippen LogP) is 8.72. The largest absolute Gasteiger partial charge is 0.394 e. The van der Waals surface area contributed by atoms with E-state index in [0.29, 0.717) is 6.42 Å². The smallest absolute Gasteiger partial charge is 0.220 e. The highest BCUT2D eigenvalue weighted by Crippen LogP contribution is 2.22. The van der Waals surface area contributed by atoms with E-state index < -0.39 is 49.5 Å². The summed E-state index contributed by atoms with van der Waals surface area (Å²) in [5, 5.41) is 53.5. The first kappa shape index (κ1) is 49.7. The molecule has 0 aromatic rings. The highest BCUT2D eigenvalue weighted by molar-refractivity contribution is 5.76. The van der Waals surface area contributed by atoms with E-state index in [2.05, 4.69) is 31.3 Å². The third-order valence-corrected chi connectivity index (χ3v) is 10.5. The highest BCUT2D eigenvalue weighted by Gasteiger charge is 2.44. The molecular weight excluding hydrogens is 670 g/mol. The van der Waals surface area contributed by atoms with Crippen LogP contribution in [0.15, 0.2) is 24.3 Å². The number of aliphatic hydroxyl groups is 5. The van der Waals surface area contributed by atoms with Gasteiger partial charge in [0.25, 0.3) is 0 Å². The Morgan fingerprint density at radius 2 is 1.08 bits per heavy atom. The molecule has 9 nitrogen and oxygen atoms in total. The standard InChI is InChI=1S/C44H83NO8/c1-3-5-7-8-9-10-11-12-13-14-15-16-17-18-19-20-21-22-23-24-25-26-27-28-29-30-32-33-38(47)37(45-40(48)34-31-6-4-2)36-52-44-43(51)42(50)41(49)39(35-46)53-44/h27-28,32-33,37-39,41-44,46-47,49-51H,3-26,29-31,34-36H2,1-2H3,(H,45,48)/b28-27+,33-32+. The molecule has 0 bridgehead atoms. The Hall–Kier alpha value is -1.33. The van der Waals surface area contributed by atoms with Gasteiger partial charge in [-0.1, -0.05) is 179 Å². The van der Waals surface area contributed by atoms with Crippen molar-refractivity contribution in [3.05, 3.63) is 24.3 Å². The second-order valence-electron chi connectivity index (χ2n) is 15.5. The number of rotatable bonds is 36. The van der Waals surface area contributed by atoms with E-state index in [1.54, 1.807) is 6.08 Å². The van der Waals surface area contributed by atoms with Gasteiger partial charge < -0.3 is 40.3 Å². The van der Waals surface area contributed by atoms with Crippen molar-refractivity contribution < 1.29 is 39.8 Å². The molecule has 312 valence electrons. The molecule has 1 saturated heterocycles. The molecule has 0 aliphatic carbocycles. The average Bonchev–Trinajstić information content (AvgIpc) is 3.15. The number of hydrogen-bond donors (Lipinski definition) is 6. The van der Waals surface area contributed by atoms with E-state index >= 15 is 0 Å². The van der Waals surface area contributed by atoms with Crippen LogP contribution in [0.2, 0.25) is 0 Å². The van der Waals surface area contributed by atoms with E-state index in [-0.39, 0.29) is 12.5 Å². The number of unbranched alkanes of at least 4 members (excludes halogenated alkanes) is 24. The SMILES string of the molecule is CCCCCCCCCCCCCCCCCCCCCCC/C=C/CC/C=C/C(O)C(COC1OC(CO)C(O)C(O)C1O)NC(=O)CCCCC. The predicted molar refractivity (Wildman–Crippen MR) is 217 cm³/mol. The van der Waals surface area contributed by atoms with E-state index in [1.807, 2.05) is 6.08 Å². The molecule has 1 amide bonds. The zero-order valence-electron chi connectivity index (χ0n) is 34.0. The van der Waals surface area contributed by atoms with Crippen molar-refractivity contribution in [1.82, 2.24) is 5.32 Å². The van der Waals surface area contributed by atoms with Gasteiger partial charge in [0.1, 0.15) is 24.4 Å². The van der Waals surface area contributed by atoms with Crippen LogP contribution in [0.25, 0.3) is 0 Å². The zero-order valence-corrected chi connectivity index (χ0v) is 34.0. The molecule has 1 fully saturated rings. The van der Waals surface area contributed by atoms with Crippen LogP contribution < -0.4 is 5.32 Å². The normalized spacial score (nSPS) is 21.8.